The number of benzene rings is 3. The lowest BCUT2D eigenvalue weighted by Gasteiger charge is -2.40. The summed E-state index contributed by atoms with van der Waals surface area (Å²) in [7, 11) is 0. The van der Waals surface area contributed by atoms with Crippen molar-refractivity contribution in [3.63, 3.8) is 0 Å². The summed E-state index contributed by atoms with van der Waals surface area (Å²) in [5.74, 6) is -2.08. The van der Waals surface area contributed by atoms with Gasteiger partial charge in [0.25, 0.3) is 17.7 Å². The van der Waals surface area contributed by atoms with Gasteiger partial charge < -0.3 is 19.6 Å². The van der Waals surface area contributed by atoms with Gasteiger partial charge in [-0.05, 0) is 123 Å². The normalized spacial score (nSPS) is 22.8. The Bertz CT molecular complexity index is 2280. The third-order valence-corrected chi connectivity index (χ3v) is 13.9. The second kappa shape index (κ2) is 15.1. The van der Waals surface area contributed by atoms with E-state index >= 15 is 0 Å². The van der Waals surface area contributed by atoms with Crippen LogP contribution in [0, 0.1) is 22.7 Å². The lowest BCUT2D eigenvalue weighted by Crippen LogP contribution is -2.54. The van der Waals surface area contributed by atoms with Crippen LogP contribution in [-0.4, -0.2) is 108 Å². The molecule has 0 radical (unpaired) electrons. The summed E-state index contributed by atoms with van der Waals surface area (Å²) in [6, 6.07) is 18.6. The van der Waals surface area contributed by atoms with Crippen LogP contribution in [0.15, 0.2) is 54.6 Å². The first kappa shape index (κ1) is 38.8. The molecule has 1 N–H and O–H groups in total. The van der Waals surface area contributed by atoms with Crippen LogP contribution in [0.2, 0.25) is 5.02 Å². The fourth-order valence-corrected chi connectivity index (χ4v) is 10.6. The van der Waals surface area contributed by atoms with E-state index in [1.807, 2.05) is 46.2 Å². The summed E-state index contributed by atoms with van der Waals surface area (Å²) < 4.78 is 0. The first-order valence-corrected chi connectivity index (χ1v) is 21.0. The van der Waals surface area contributed by atoms with Crippen molar-refractivity contribution in [3.8, 4) is 6.07 Å². The number of hydrogen-bond acceptors (Lipinski definition) is 9. The summed E-state index contributed by atoms with van der Waals surface area (Å²) in [6.45, 7) is 6.94. The standard InChI is InChI=1S/C45H46ClN7O6/c1-27-24-45(26-52(27)34-7-4-30(25-47)37(46)23-34)10-12-49(13-11-45)33-5-2-29(3-6-33)42(57)51-16-14-50(15-17-51)40(55)20-28-18-31-21-35-36(22-32(31)19-28)44(59)53(43(35)58)38-8-9-39(54)48-41(38)56/h2-7,21-23,27-28,38H,8-20,24,26H2,1H3,(H,48,54,56)/t27-,38?/m0/s1. The van der Waals surface area contributed by atoms with Crippen LogP contribution in [0.5, 0.6) is 0 Å². The Hall–Kier alpha value is -5.74. The van der Waals surface area contributed by atoms with Gasteiger partial charge in [0, 0.05) is 81.6 Å². The molecule has 3 aromatic rings. The van der Waals surface area contributed by atoms with E-state index in [-0.39, 0.29) is 47.1 Å². The van der Waals surface area contributed by atoms with Crippen molar-refractivity contribution >= 4 is 58.4 Å². The van der Waals surface area contributed by atoms with Gasteiger partial charge in [-0.3, -0.25) is 39.0 Å². The molecule has 0 bridgehead atoms. The van der Waals surface area contributed by atoms with E-state index in [4.69, 9.17) is 11.6 Å². The number of rotatable bonds is 6. The summed E-state index contributed by atoms with van der Waals surface area (Å²) >= 11 is 6.37. The second-order valence-corrected chi connectivity index (χ2v) is 17.7. The molecular weight excluding hydrogens is 770 g/mol. The first-order valence-electron chi connectivity index (χ1n) is 20.7. The van der Waals surface area contributed by atoms with Crippen molar-refractivity contribution in [2.45, 2.75) is 70.4 Å². The number of nitriles is 1. The molecule has 3 aromatic carbocycles. The molecule has 2 atom stereocenters. The molecule has 4 fully saturated rings. The maximum atomic E-state index is 13.5. The number of nitrogens with zero attached hydrogens (tertiary/aromatic N) is 6. The smallest absolute Gasteiger partial charge is 0.262 e. The van der Waals surface area contributed by atoms with Crippen molar-refractivity contribution < 1.29 is 28.8 Å². The lowest BCUT2D eigenvalue weighted by molar-refractivity contribution is -0.136. The highest BCUT2D eigenvalue weighted by atomic mass is 35.5. The van der Waals surface area contributed by atoms with Crippen molar-refractivity contribution in [2.24, 2.45) is 11.3 Å². The minimum Gasteiger partial charge on any atom is -0.371 e. The van der Waals surface area contributed by atoms with E-state index in [0.717, 1.165) is 66.3 Å². The van der Waals surface area contributed by atoms with Crippen molar-refractivity contribution in [3.05, 3.63) is 93.0 Å². The van der Waals surface area contributed by atoms with E-state index in [9.17, 15) is 34.0 Å². The molecular formula is C45H46ClN7O6. The monoisotopic (exact) mass is 815 g/mol. The molecule has 59 heavy (non-hydrogen) atoms. The second-order valence-electron chi connectivity index (χ2n) is 17.3. The topological polar surface area (TPSA) is 154 Å². The Balaban J connectivity index is 0.739. The molecule has 0 saturated carbocycles. The quantitative estimate of drug-likeness (QED) is 0.352. The SMILES string of the molecule is C[C@H]1CC2(CCN(c3ccc(C(=O)N4CCN(C(=O)CC5Cc6cc7c(cc6C5)C(=O)N(C5CCC(=O)NC5=O)C7=O)CC4)cc3)CC2)CN1c1ccc(C#N)c(Cl)c1. The Kier molecular flexibility index (Phi) is 9.94. The van der Waals surface area contributed by atoms with Gasteiger partial charge in [0.05, 0.1) is 21.7 Å². The Morgan fingerprint density at radius 3 is 2.08 bits per heavy atom. The molecule has 6 aliphatic rings. The third-order valence-electron chi connectivity index (χ3n) is 13.6. The van der Waals surface area contributed by atoms with E-state index < -0.39 is 29.7 Å². The van der Waals surface area contributed by atoms with Crippen LogP contribution >= 0.6 is 11.6 Å². The molecule has 13 nitrogen and oxygen atoms in total. The molecule has 14 heteroatoms. The molecule has 6 amide bonds. The molecule has 5 aliphatic heterocycles. The number of amides is 6. The van der Waals surface area contributed by atoms with Crippen LogP contribution in [-0.2, 0) is 27.2 Å². The zero-order valence-corrected chi connectivity index (χ0v) is 33.8. The van der Waals surface area contributed by atoms with Crippen LogP contribution in [0.4, 0.5) is 11.4 Å². The van der Waals surface area contributed by atoms with E-state index in [1.165, 1.54) is 0 Å². The van der Waals surface area contributed by atoms with Gasteiger partial charge in [0.2, 0.25) is 17.7 Å². The van der Waals surface area contributed by atoms with Gasteiger partial charge in [-0.25, -0.2) is 0 Å². The summed E-state index contributed by atoms with van der Waals surface area (Å²) in [4.78, 5) is 87.1. The number of anilines is 2. The Morgan fingerprint density at radius 2 is 1.47 bits per heavy atom. The molecule has 304 valence electrons. The molecule has 4 saturated heterocycles. The highest BCUT2D eigenvalue weighted by Gasteiger charge is 2.46. The number of nitrogens with one attached hydrogen (secondary N) is 1. The molecule has 1 spiro atoms. The van der Waals surface area contributed by atoms with E-state index in [1.54, 1.807) is 18.2 Å². The fourth-order valence-electron chi connectivity index (χ4n) is 10.4. The summed E-state index contributed by atoms with van der Waals surface area (Å²) in [5, 5.41) is 12.0. The van der Waals surface area contributed by atoms with Crippen molar-refractivity contribution in [1.82, 2.24) is 20.0 Å². The number of fused-ring (bicyclic) bond motifs is 2. The van der Waals surface area contributed by atoms with Crippen LogP contribution in [0.3, 0.4) is 0 Å². The van der Waals surface area contributed by atoms with Crippen LogP contribution < -0.4 is 15.1 Å². The zero-order valence-electron chi connectivity index (χ0n) is 33.0. The molecule has 5 heterocycles. The average Bonchev–Trinajstić information content (AvgIpc) is 3.86. The summed E-state index contributed by atoms with van der Waals surface area (Å²) in [5.41, 5.74) is 5.93. The number of halogens is 1. The Morgan fingerprint density at radius 1 is 0.847 bits per heavy atom. The zero-order chi connectivity index (χ0) is 41.2. The predicted octanol–water partition coefficient (Wildman–Crippen LogP) is 4.59. The number of carbonyl (C=O) groups is 6. The first-order chi connectivity index (χ1) is 28.4. The lowest BCUT2D eigenvalue weighted by atomic mass is 9.76. The molecule has 1 unspecified atom stereocenters. The number of imide groups is 2. The van der Waals surface area contributed by atoms with Gasteiger partial charge in [0.15, 0.2) is 0 Å². The molecule has 1 aliphatic carbocycles. The van der Waals surface area contributed by atoms with Gasteiger partial charge in [0.1, 0.15) is 12.1 Å². The van der Waals surface area contributed by atoms with Crippen LogP contribution in [0.1, 0.15) is 93.2 Å². The van der Waals surface area contributed by atoms with Crippen molar-refractivity contribution in [2.75, 3.05) is 55.6 Å². The Labute approximate surface area is 347 Å². The minimum atomic E-state index is -1.01. The minimum absolute atomic E-state index is 0.0321. The van der Waals surface area contributed by atoms with Crippen molar-refractivity contribution in [1.29, 1.82) is 5.26 Å². The largest absolute Gasteiger partial charge is 0.371 e. The van der Waals surface area contributed by atoms with E-state index in [0.29, 0.717) is 67.6 Å². The number of hydrogen-bond donors (Lipinski definition) is 1. The number of piperazine rings is 1. The maximum Gasteiger partial charge on any atom is 0.262 e. The highest BCUT2D eigenvalue weighted by Crippen LogP contribution is 2.46. The van der Waals surface area contributed by atoms with Crippen LogP contribution in [0.25, 0.3) is 0 Å². The van der Waals surface area contributed by atoms with Gasteiger partial charge in [-0.1, -0.05) is 11.6 Å². The number of carbonyl (C=O) groups excluding carboxylic acids is 6. The third kappa shape index (κ3) is 7.11. The van der Waals surface area contributed by atoms with Gasteiger partial charge in [-0.15, -0.1) is 0 Å². The maximum absolute atomic E-state index is 13.5. The highest BCUT2D eigenvalue weighted by molar-refractivity contribution is 6.32. The number of piperidine rings is 2. The predicted molar refractivity (Wildman–Crippen MR) is 219 cm³/mol. The molecule has 0 aromatic heterocycles. The average molecular weight is 816 g/mol. The fraction of sp³-hybridized carbons (Fsp3) is 0.444. The van der Waals surface area contributed by atoms with Gasteiger partial charge >= 0.3 is 0 Å². The summed E-state index contributed by atoms with van der Waals surface area (Å²) in [6.07, 6.45) is 4.98. The molecule has 9 rings (SSSR count). The van der Waals surface area contributed by atoms with Gasteiger partial charge in [-0.2, -0.15) is 5.26 Å². The van der Waals surface area contributed by atoms with E-state index in [2.05, 4.69) is 28.1 Å².